The van der Waals surface area contributed by atoms with Crippen LogP contribution >= 0.6 is 11.8 Å². The van der Waals surface area contributed by atoms with Gasteiger partial charge in [-0.05, 0) is 38.0 Å². The summed E-state index contributed by atoms with van der Waals surface area (Å²) in [6, 6.07) is 5.41. The highest BCUT2D eigenvalue weighted by atomic mass is 32.2. The summed E-state index contributed by atoms with van der Waals surface area (Å²) in [6.07, 6.45) is 1.94. The second-order valence-corrected chi connectivity index (χ2v) is 6.04. The van der Waals surface area contributed by atoms with Gasteiger partial charge in [-0.2, -0.15) is 16.7 Å². The molecule has 0 aliphatic carbocycles. The van der Waals surface area contributed by atoms with Gasteiger partial charge < -0.3 is 9.84 Å². The number of benzene rings is 1. The second kappa shape index (κ2) is 8.07. The number of nitrogens with one attached hydrogen (secondary N) is 1. The Kier molecular flexibility index (Phi) is 6.12. The van der Waals surface area contributed by atoms with Crippen LogP contribution in [0.1, 0.15) is 23.3 Å². The first kappa shape index (κ1) is 17.4. The molecule has 1 heterocycles. The van der Waals surface area contributed by atoms with Crippen LogP contribution in [0, 0.1) is 5.82 Å². The zero-order valence-corrected chi connectivity index (χ0v) is 14.1. The zero-order chi connectivity index (χ0) is 16.8. The summed E-state index contributed by atoms with van der Waals surface area (Å²) in [5.41, 5.74) is 0.584. The van der Waals surface area contributed by atoms with Crippen LogP contribution in [0.5, 0.6) is 0 Å². The van der Waals surface area contributed by atoms with E-state index in [0.717, 1.165) is 0 Å². The predicted molar refractivity (Wildman–Crippen MR) is 86.2 cm³/mol. The molecule has 1 amide bonds. The van der Waals surface area contributed by atoms with Crippen molar-refractivity contribution in [3.63, 3.8) is 0 Å². The maximum Gasteiger partial charge on any atom is 0.246 e. The minimum absolute atomic E-state index is 0.139. The highest BCUT2D eigenvalue weighted by Crippen LogP contribution is 2.19. The average Bonchev–Trinajstić information content (AvgIpc) is 2.93. The minimum Gasteiger partial charge on any atom is -0.345 e. The van der Waals surface area contributed by atoms with Crippen molar-refractivity contribution in [2.24, 2.45) is 0 Å². The van der Waals surface area contributed by atoms with Gasteiger partial charge in [0.25, 0.3) is 0 Å². The van der Waals surface area contributed by atoms with E-state index >= 15 is 0 Å². The number of aromatic nitrogens is 2. The number of likely N-dealkylation sites (N-methyl/N-ethyl adjacent to an activating group) is 1. The maximum absolute atomic E-state index is 13.4. The Labute approximate surface area is 138 Å². The molecule has 1 aromatic carbocycles. The van der Waals surface area contributed by atoms with Gasteiger partial charge in [0.15, 0.2) is 5.82 Å². The first-order valence-electron chi connectivity index (χ1n) is 7.01. The molecular weight excluding hydrogens is 319 g/mol. The molecule has 1 N–H and O–H groups in total. The van der Waals surface area contributed by atoms with E-state index in [9.17, 15) is 9.18 Å². The number of hydrogen-bond donors (Lipinski definition) is 1. The summed E-state index contributed by atoms with van der Waals surface area (Å²) >= 11 is 1.59. The van der Waals surface area contributed by atoms with Gasteiger partial charge in [0.1, 0.15) is 11.9 Å². The Morgan fingerprint density at radius 3 is 2.91 bits per heavy atom. The molecule has 0 saturated heterocycles. The summed E-state index contributed by atoms with van der Waals surface area (Å²) in [5.74, 6) is 0.960. The molecule has 124 valence electrons. The quantitative estimate of drug-likeness (QED) is 0.832. The normalized spacial score (nSPS) is 12.4. The predicted octanol–water partition coefficient (Wildman–Crippen LogP) is 1.99. The van der Waals surface area contributed by atoms with Crippen LogP contribution in [-0.2, 0) is 17.1 Å². The molecule has 8 heteroatoms. The fourth-order valence-corrected chi connectivity index (χ4v) is 2.55. The molecule has 0 aliphatic rings. The second-order valence-electron chi connectivity index (χ2n) is 5.18. The van der Waals surface area contributed by atoms with Crippen LogP contribution in [0.4, 0.5) is 4.39 Å². The van der Waals surface area contributed by atoms with Crippen LogP contribution in [0.15, 0.2) is 28.8 Å². The van der Waals surface area contributed by atoms with E-state index in [1.807, 2.05) is 6.26 Å². The standard InChI is InChI=1S/C15H19FN4O2S/c1-20(2)14(10-5-4-6-11(16)7-10)15(21)17-8-13-18-12(9-23-3)19-22-13/h4-7,14H,8-9H2,1-3H3,(H,17,21)/t14-/m1/s1. The average molecular weight is 338 g/mol. The molecule has 0 bridgehead atoms. The first-order chi connectivity index (χ1) is 11.0. The number of nitrogens with zero attached hydrogens (tertiary/aromatic N) is 3. The fourth-order valence-electron chi connectivity index (χ4n) is 2.17. The van der Waals surface area contributed by atoms with Crippen molar-refractivity contribution >= 4 is 17.7 Å². The van der Waals surface area contributed by atoms with Crippen molar-refractivity contribution < 1.29 is 13.7 Å². The summed E-state index contributed by atoms with van der Waals surface area (Å²) in [4.78, 5) is 18.3. The molecule has 2 aromatic rings. The number of thioether (sulfide) groups is 1. The topological polar surface area (TPSA) is 71.3 Å². The van der Waals surface area contributed by atoms with E-state index in [1.54, 1.807) is 42.9 Å². The summed E-state index contributed by atoms with van der Waals surface area (Å²) in [6.45, 7) is 0.139. The molecular formula is C15H19FN4O2S. The smallest absolute Gasteiger partial charge is 0.246 e. The van der Waals surface area contributed by atoms with Crippen LogP contribution in [0.25, 0.3) is 0 Å². The molecule has 0 aliphatic heterocycles. The van der Waals surface area contributed by atoms with Crippen molar-refractivity contribution in [1.82, 2.24) is 20.4 Å². The number of halogens is 1. The van der Waals surface area contributed by atoms with Crippen molar-refractivity contribution in [3.05, 3.63) is 47.4 Å². The monoisotopic (exact) mass is 338 g/mol. The Morgan fingerprint density at radius 1 is 1.48 bits per heavy atom. The third kappa shape index (κ3) is 4.77. The van der Waals surface area contributed by atoms with Crippen LogP contribution < -0.4 is 5.32 Å². The molecule has 1 aromatic heterocycles. The molecule has 2 rings (SSSR count). The van der Waals surface area contributed by atoms with E-state index in [1.165, 1.54) is 12.1 Å². The molecule has 0 radical (unpaired) electrons. The van der Waals surface area contributed by atoms with Gasteiger partial charge in [0.05, 0.1) is 12.3 Å². The van der Waals surface area contributed by atoms with E-state index < -0.39 is 6.04 Å². The summed E-state index contributed by atoms with van der Waals surface area (Å²) in [7, 11) is 3.52. The zero-order valence-electron chi connectivity index (χ0n) is 13.2. The Balaban J connectivity index is 2.03. The largest absolute Gasteiger partial charge is 0.345 e. The van der Waals surface area contributed by atoms with Crippen molar-refractivity contribution in [3.8, 4) is 0 Å². The third-order valence-corrected chi connectivity index (χ3v) is 3.67. The number of hydrogen-bond acceptors (Lipinski definition) is 6. The van der Waals surface area contributed by atoms with E-state index in [2.05, 4.69) is 15.5 Å². The van der Waals surface area contributed by atoms with Crippen LogP contribution in [0.3, 0.4) is 0 Å². The van der Waals surface area contributed by atoms with Gasteiger partial charge in [0.2, 0.25) is 11.8 Å². The number of carbonyl (C=O) groups excluding carboxylic acids is 1. The van der Waals surface area contributed by atoms with Gasteiger partial charge in [-0.15, -0.1) is 0 Å². The Morgan fingerprint density at radius 2 is 2.26 bits per heavy atom. The number of rotatable bonds is 7. The van der Waals surface area contributed by atoms with Gasteiger partial charge in [-0.3, -0.25) is 9.69 Å². The van der Waals surface area contributed by atoms with Gasteiger partial charge in [-0.1, -0.05) is 17.3 Å². The molecule has 6 nitrogen and oxygen atoms in total. The van der Waals surface area contributed by atoms with Crippen molar-refractivity contribution in [1.29, 1.82) is 0 Å². The maximum atomic E-state index is 13.4. The summed E-state index contributed by atoms with van der Waals surface area (Å²) < 4.78 is 18.5. The van der Waals surface area contributed by atoms with E-state index in [-0.39, 0.29) is 18.3 Å². The molecule has 0 spiro atoms. The molecule has 1 atom stereocenters. The number of amides is 1. The van der Waals surface area contributed by atoms with Crippen LogP contribution in [0.2, 0.25) is 0 Å². The molecule has 0 unspecified atom stereocenters. The van der Waals surface area contributed by atoms with Crippen molar-refractivity contribution in [2.45, 2.75) is 18.3 Å². The lowest BCUT2D eigenvalue weighted by atomic mass is 10.1. The fraction of sp³-hybridized carbons (Fsp3) is 0.400. The molecule has 0 fully saturated rings. The lowest BCUT2D eigenvalue weighted by Crippen LogP contribution is -2.36. The third-order valence-electron chi connectivity index (χ3n) is 3.13. The summed E-state index contributed by atoms with van der Waals surface area (Å²) in [5, 5.41) is 6.56. The van der Waals surface area contributed by atoms with E-state index in [0.29, 0.717) is 23.0 Å². The van der Waals surface area contributed by atoms with Crippen LogP contribution in [-0.4, -0.2) is 41.3 Å². The highest BCUT2D eigenvalue weighted by Gasteiger charge is 2.23. The Hall–Kier alpha value is -1.93. The molecule has 23 heavy (non-hydrogen) atoms. The first-order valence-corrected chi connectivity index (χ1v) is 8.40. The van der Waals surface area contributed by atoms with Crippen molar-refractivity contribution in [2.75, 3.05) is 20.4 Å². The highest BCUT2D eigenvalue weighted by molar-refractivity contribution is 7.97. The van der Waals surface area contributed by atoms with Gasteiger partial charge >= 0.3 is 0 Å². The molecule has 0 saturated carbocycles. The lowest BCUT2D eigenvalue weighted by molar-refractivity contribution is -0.126. The Bertz CT molecular complexity index is 662. The SMILES string of the molecule is CSCc1noc(CNC(=O)[C@@H](c2cccc(F)c2)N(C)C)n1. The van der Waals surface area contributed by atoms with Gasteiger partial charge in [0, 0.05) is 0 Å². The lowest BCUT2D eigenvalue weighted by Gasteiger charge is -2.23. The minimum atomic E-state index is -0.598. The number of carbonyl (C=O) groups is 1. The van der Waals surface area contributed by atoms with Gasteiger partial charge in [-0.25, -0.2) is 4.39 Å². The van der Waals surface area contributed by atoms with E-state index in [4.69, 9.17) is 4.52 Å².